The molecule has 13 heavy (non-hydrogen) atoms. The van der Waals surface area contributed by atoms with Gasteiger partial charge in [0, 0.05) is 19.4 Å². The highest BCUT2D eigenvalue weighted by Gasteiger charge is 2.14. The van der Waals surface area contributed by atoms with Gasteiger partial charge < -0.3 is 15.2 Å². The van der Waals surface area contributed by atoms with Crippen molar-refractivity contribution >= 4 is 11.5 Å². The average Bonchev–Trinajstić information content (AvgIpc) is 2.02. The maximum Gasteiger partial charge on any atom is 0.277 e. The highest BCUT2D eigenvalue weighted by Crippen LogP contribution is 2.20. The van der Waals surface area contributed by atoms with Gasteiger partial charge in [-0.3, -0.25) is 4.79 Å². The number of anilines is 2. The predicted octanol–water partition coefficient (Wildman–Crippen LogP) is 0.411. The lowest BCUT2D eigenvalue weighted by Gasteiger charge is -2.20. The summed E-state index contributed by atoms with van der Waals surface area (Å²) in [6, 6.07) is 0. The van der Waals surface area contributed by atoms with E-state index in [1.807, 2.05) is 7.05 Å². The first-order valence-corrected chi connectivity index (χ1v) is 3.95. The highest BCUT2D eigenvalue weighted by atomic mass is 16.1. The van der Waals surface area contributed by atoms with E-state index < -0.39 is 0 Å². The quantitative estimate of drug-likeness (QED) is 0.604. The van der Waals surface area contributed by atoms with Crippen molar-refractivity contribution in [1.29, 1.82) is 0 Å². The molecule has 0 radical (unpaired) electrons. The SMILES string of the molecule is Cc1nc2c(c(=O)[nH]1)N(C)C=CN2. The molecule has 0 amide bonds. The van der Waals surface area contributed by atoms with Crippen molar-refractivity contribution in [3.05, 3.63) is 28.6 Å². The number of fused-ring (bicyclic) bond motifs is 1. The van der Waals surface area contributed by atoms with Crippen LogP contribution in [-0.2, 0) is 0 Å². The van der Waals surface area contributed by atoms with E-state index in [0.717, 1.165) is 0 Å². The lowest BCUT2D eigenvalue weighted by atomic mass is 10.3. The molecule has 0 aliphatic carbocycles. The molecular formula is C8H10N4O. The molecule has 2 heterocycles. The van der Waals surface area contributed by atoms with Crippen LogP contribution in [0.5, 0.6) is 0 Å². The Labute approximate surface area is 75.1 Å². The van der Waals surface area contributed by atoms with Crippen molar-refractivity contribution in [1.82, 2.24) is 9.97 Å². The van der Waals surface area contributed by atoms with Crippen molar-refractivity contribution in [2.45, 2.75) is 6.92 Å². The highest BCUT2D eigenvalue weighted by molar-refractivity contribution is 5.69. The number of nitrogens with one attached hydrogen (secondary N) is 2. The normalized spacial score (nSPS) is 13.8. The molecule has 0 saturated heterocycles. The van der Waals surface area contributed by atoms with Crippen LogP contribution in [0, 0.1) is 6.92 Å². The van der Waals surface area contributed by atoms with E-state index in [0.29, 0.717) is 17.3 Å². The van der Waals surface area contributed by atoms with E-state index in [1.165, 1.54) is 0 Å². The number of aromatic amines is 1. The number of rotatable bonds is 0. The summed E-state index contributed by atoms with van der Waals surface area (Å²) in [6.07, 6.45) is 3.52. The van der Waals surface area contributed by atoms with Crippen molar-refractivity contribution in [2.24, 2.45) is 0 Å². The van der Waals surface area contributed by atoms with Gasteiger partial charge in [-0.2, -0.15) is 0 Å². The number of aryl methyl sites for hydroxylation is 1. The van der Waals surface area contributed by atoms with Crippen LogP contribution in [0.15, 0.2) is 17.2 Å². The first kappa shape index (κ1) is 7.85. The maximum atomic E-state index is 11.5. The molecule has 2 rings (SSSR count). The Morgan fingerprint density at radius 3 is 3.08 bits per heavy atom. The van der Waals surface area contributed by atoms with Gasteiger partial charge in [-0.05, 0) is 6.92 Å². The van der Waals surface area contributed by atoms with Crippen molar-refractivity contribution in [2.75, 3.05) is 17.3 Å². The lowest BCUT2D eigenvalue weighted by molar-refractivity contribution is 0.988. The molecule has 1 aromatic heterocycles. The minimum atomic E-state index is -0.123. The molecule has 1 aliphatic rings. The Morgan fingerprint density at radius 2 is 2.31 bits per heavy atom. The molecule has 0 atom stereocenters. The fraction of sp³-hybridized carbons (Fsp3) is 0.250. The van der Waals surface area contributed by atoms with Crippen LogP contribution in [0.1, 0.15) is 5.82 Å². The van der Waals surface area contributed by atoms with Crippen LogP contribution in [0.3, 0.4) is 0 Å². The lowest BCUT2D eigenvalue weighted by Crippen LogP contribution is -2.26. The topological polar surface area (TPSA) is 61.0 Å². The molecule has 1 aromatic rings. The zero-order valence-corrected chi connectivity index (χ0v) is 7.46. The van der Waals surface area contributed by atoms with Gasteiger partial charge in [0.2, 0.25) is 0 Å². The van der Waals surface area contributed by atoms with Gasteiger partial charge in [-0.1, -0.05) is 0 Å². The van der Waals surface area contributed by atoms with Gasteiger partial charge in [-0.15, -0.1) is 0 Å². The monoisotopic (exact) mass is 178 g/mol. The van der Waals surface area contributed by atoms with E-state index >= 15 is 0 Å². The first-order chi connectivity index (χ1) is 6.18. The second-order valence-electron chi connectivity index (χ2n) is 2.92. The Kier molecular flexibility index (Phi) is 1.58. The predicted molar refractivity (Wildman–Crippen MR) is 50.8 cm³/mol. The average molecular weight is 178 g/mol. The van der Waals surface area contributed by atoms with Gasteiger partial charge in [-0.25, -0.2) is 4.98 Å². The van der Waals surface area contributed by atoms with E-state index in [4.69, 9.17) is 0 Å². The smallest absolute Gasteiger partial charge is 0.277 e. The fourth-order valence-corrected chi connectivity index (χ4v) is 1.31. The van der Waals surface area contributed by atoms with Crippen molar-refractivity contribution in [3.8, 4) is 0 Å². The van der Waals surface area contributed by atoms with Gasteiger partial charge in [0.15, 0.2) is 5.82 Å². The van der Waals surface area contributed by atoms with Gasteiger partial charge >= 0.3 is 0 Å². The molecule has 0 saturated carbocycles. The Hall–Kier alpha value is -1.78. The van der Waals surface area contributed by atoms with Crippen LogP contribution in [0.4, 0.5) is 11.5 Å². The van der Waals surface area contributed by atoms with E-state index in [2.05, 4.69) is 15.3 Å². The molecule has 0 fully saturated rings. The van der Waals surface area contributed by atoms with Crippen LogP contribution < -0.4 is 15.8 Å². The number of H-pyrrole nitrogens is 1. The third-order valence-electron chi connectivity index (χ3n) is 1.88. The molecule has 5 nitrogen and oxygen atoms in total. The summed E-state index contributed by atoms with van der Waals surface area (Å²) in [5, 5.41) is 2.92. The molecule has 0 spiro atoms. The van der Waals surface area contributed by atoms with Gasteiger partial charge in [0.25, 0.3) is 5.56 Å². The molecular weight excluding hydrogens is 168 g/mol. The summed E-state index contributed by atoms with van der Waals surface area (Å²) in [4.78, 5) is 20.0. The molecule has 2 N–H and O–H groups in total. The summed E-state index contributed by atoms with van der Waals surface area (Å²) in [5.74, 6) is 1.21. The third-order valence-corrected chi connectivity index (χ3v) is 1.88. The van der Waals surface area contributed by atoms with Crippen molar-refractivity contribution in [3.63, 3.8) is 0 Å². The first-order valence-electron chi connectivity index (χ1n) is 3.95. The van der Waals surface area contributed by atoms with Crippen LogP contribution in [0.2, 0.25) is 0 Å². The molecule has 0 unspecified atom stereocenters. The Balaban J connectivity index is 2.68. The molecule has 0 aromatic carbocycles. The summed E-state index contributed by atoms with van der Waals surface area (Å²) in [6.45, 7) is 1.75. The zero-order chi connectivity index (χ0) is 9.42. The van der Waals surface area contributed by atoms with Crippen LogP contribution >= 0.6 is 0 Å². The molecule has 1 aliphatic heterocycles. The summed E-state index contributed by atoms with van der Waals surface area (Å²) in [7, 11) is 1.81. The summed E-state index contributed by atoms with van der Waals surface area (Å²) < 4.78 is 0. The minimum absolute atomic E-state index is 0.123. The van der Waals surface area contributed by atoms with Crippen LogP contribution in [-0.4, -0.2) is 17.0 Å². The van der Waals surface area contributed by atoms with E-state index in [1.54, 1.807) is 24.2 Å². The molecule has 0 bridgehead atoms. The molecule has 5 heteroatoms. The Morgan fingerprint density at radius 1 is 1.54 bits per heavy atom. The largest absolute Gasteiger partial charge is 0.343 e. The van der Waals surface area contributed by atoms with Crippen molar-refractivity contribution < 1.29 is 0 Å². The van der Waals surface area contributed by atoms with Crippen LogP contribution in [0.25, 0.3) is 0 Å². The fourth-order valence-electron chi connectivity index (χ4n) is 1.31. The number of nitrogens with zero attached hydrogens (tertiary/aromatic N) is 2. The molecule has 68 valence electrons. The second-order valence-corrected chi connectivity index (χ2v) is 2.92. The van der Waals surface area contributed by atoms with E-state index in [-0.39, 0.29) is 5.56 Å². The standard InChI is InChI=1S/C8H10N4O/c1-5-10-7-6(8(13)11-5)12(2)4-3-9-7/h3-4H,1-2H3,(H2,9,10,11,13). The maximum absolute atomic E-state index is 11.5. The number of aromatic nitrogens is 2. The number of hydrogen-bond donors (Lipinski definition) is 2. The summed E-state index contributed by atoms with van der Waals surface area (Å²) >= 11 is 0. The minimum Gasteiger partial charge on any atom is -0.343 e. The van der Waals surface area contributed by atoms with E-state index in [9.17, 15) is 4.79 Å². The third kappa shape index (κ3) is 1.18. The number of hydrogen-bond acceptors (Lipinski definition) is 4. The second kappa shape index (κ2) is 2.62. The van der Waals surface area contributed by atoms with Gasteiger partial charge in [0.1, 0.15) is 11.5 Å². The zero-order valence-electron chi connectivity index (χ0n) is 7.46. The van der Waals surface area contributed by atoms with Gasteiger partial charge in [0.05, 0.1) is 0 Å². The Bertz CT molecular complexity index is 421. The summed E-state index contributed by atoms with van der Waals surface area (Å²) in [5.41, 5.74) is 0.426.